The van der Waals surface area contributed by atoms with Gasteiger partial charge in [-0.1, -0.05) is 35.5 Å². The molecule has 0 saturated heterocycles. The minimum absolute atomic E-state index is 0.0701. The van der Waals surface area contributed by atoms with Crippen LogP contribution in [0.15, 0.2) is 73.2 Å². The first-order valence-electron chi connectivity index (χ1n) is 10.9. The SMILES string of the molecule is O=C1C(n2cc(-c3cccc(-c4cccnc4)c3)nn2)CCc2c(F)cccc2N1CC(F)(F)F. The summed E-state index contributed by atoms with van der Waals surface area (Å²) in [6.07, 6.45) is 0.441. The normalized spacial score (nSPS) is 16.2. The number of amides is 1. The largest absolute Gasteiger partial charge is 0.406 e. The van der Waals surface area contributed by atoms with Crippen LogP contribution in [0.5, 0.6) is 0 Å². The van der Waals surface area contributed by atoms with Gasteiger partial charge in [0.15, 0.2) is 0 Å². The summed E-state index contributed by atoms with van der Waals surface area (Å²) in [7, 11) is 0. The van der Waals surface area contributed by atoms with Crippen molar-refractivity contribution in [3.8, 4) is 22.4 Å². The molecule has 0 saturated carbocycles. The van der Waals surface area contributed by atoms with Gasteiger partial charge in [-0.3, -0.25) is 9.78 Å². The summed E-state index contributed by atoms with van der Waals surface area (Å²) in [5.41, 5.74) is 3.00. The summed E-state index contributed by atoms with van der Waals surface area (Å²) >= 11 is 0. The number of fused-ring (bicyclic) bond motifs is 1. The van der Waals surface area contributed by atoms with Gasteiger partial charge in [0.2, 0.25) is 0 Å². The zero-order chi connectivity index (χ0) is 24.6. The van der Waals surface area contributed by atoms with Crippen LogP contribution in [-0.2, 0) is 11.2 Å². The van der Waals surface area contributed by atoms with E-state index in [0.29, 0.717) is 10.6 Å². The number of halogens is 4. The highest BCUT2D eigenvalue weighted by atomic mass is 19.4. The van der Waals surface area contributed by atoms with E-state index in [1.165, 1.54) is 29.1 Å². The molecule has 0 aliphatic carbocycles. The summed E-state index contributed by atoms with van der Waals surface area (Å²) in [6.45, 7) is -1.52. The molecular weight excluding hydrogens is 462 g/mol. The number of nitrogens with zero attached hydrogens (tertiary/aromatic N) is 5. The van der Waals surface area contributed by atoms with E-state index in [4.69, 9.17) is 0 Å². The van der Waals surface area contributed by atoms with Crippen LogP contribution in [-0.4, -0.2) is 38.6 Å². The molecule has 178 valence electrons. The van der Waals surface area contributed by atoms with E-state index in [1.807, 2.05) is 36.4 Å². The van der Waals surface area contributed by atoms with Gasteiger partial charge in [-0.15, -0.1) is 5.10 Å². The van der Waals surface area contributed by atoms with Crippen molar-refractivity contribution >= 4 is 11.6 Å². The molecule has 5 rings (SSSR count). The zero-order valence-electron chi connectivity index (χ0n) is 18.3. The molecule has 1 aliphatic rings. The summed E-state index contributed by atoms with van der Waals surface area (Å²) < 4.78 is 55.8. The van der Waals surface area contributed by atoms with E-state index in [9.17, 15) is 22.4 Å². The van der Waals surface area contributed by atoms with E-state index in [1.54, 1.807) is 12.4 Å². The van der Waals surface area contributed by atoms with Crippen LogP contribution in [0, 0.1) is 5.82 Å². The third-order valence-electron chi connectivity index (χ3n) is 5.92. The smallest absolute Gasteiger partial charge is 0.301 e. The lowest BCUT2D eigenvalue weighted by atomic mass is 10.0. The van der Waals surface area contributed by atoms with Gasteiger partial charge in [-0.05, 0) is 42.7 Å². The Morgan fingerprint density at radius 1 is 1.00 bits per heavy atom. The average molecular weight is 481 g/mol. The number of aromatic nitrogens is 4. The maximum atomic E-state index is 14.5. The van der Waals surface area contributed by atoms with Crippen molar-refractivity contribution in [3.63, 3.8) is 0 Å². The Balaban J connectivity index is 1.48. The van der Waals surface area contributed by atoms with Crippen molar-refractivity contribution in [3.05, 3.63) is 84.6 Å². The van der Waals surface area contributed by atoms with Crippen molar-refractivity contribution in [1.29, 1.82) is 0 Å². The summed E-state index contributed by atoms with van der Waals surface area (Å²) in [5, 5.41) is 8.22. The van der Waals surface area contributed by atoms with Gasteiger partial charge in [0, 0.05) is 29.1 Å². The molecule has 0 fully saturated rings. The molecule has 10 heteroatoms. The van der Waals surface area contributed by atoms with E-state index < -0.39 is 30.5 Å². The first-order valence-corrected chi connectivity index (χ1v) is 10.9. The van der Waals surface area contributed by atoms with Crippen molar-refractivity contribution in [2.45, 2.75) is 25.1 Å². The van der Waals surface area contributed by atoms with Gasteiger partial charge < -0.3 is 4.90 Å². The molecule has 2 aromatic heterocycles. The van der Waals surface area contributed by atoms with E-state index in [-0.39, 0.29) is 24.1 Å². The standard InChI is InChI=1S/C25H19F4N5O/c26-20-7-2-8-22-19(20)9-10-23(24(35)33(22)15-25(27,28)29)34-14-21(31-32-34)17-5-1-4-16(12-17)18-6-3-11-30-13-18/h1-8,11-14,23H,9-10,15H2. The van der Waals surface area contributed by atoms with Crippen LogP contribution in [0.4, 0.5) is 23.2 Å². The molecule has 35 heavy (non-hydrogen) atoms. The van der Waals surface area contributed by atoms with E-state index in [2.05, 4.69) is 15.3 Å². The van der Waals surface area contributed by atoms with E-state index >= 15 is 0 Å². The summed E-state index contributed by atoms with van der Waals surface area (Å²) in [6, 6.07) is 14.0. The Morgan fingerprint density at radius 3 is 2.54 bits per heavy atom. The fourth-order valence-corrected chi connectivity index (χ4v) is 4.29. The minimum atomic E-state index is -4.66. The first kappa shape index (κ1) is 22.7. The number of hydrogen-bond donors (Lipinski definition) is 0. The molecule has 4 aromatic rings. The monoisotopic (exact) mass is 481 g/mol. The van der Waals surface area contributed by atoms with Gasteiger partial charge in [0.1, 0.15) is 24.1 Å². The number of anilines is 1. The summed E-state index contributed by atoms with van der Waals surface area (Å²) in [5.74, 6) is -1.46. The highest BCUT2D eigenvalue weighted by Gasteiger charge is 2.40. The van der Waals surface area contributed by atoms with Crippen LogP contribution in [0.25, 0.3) is 22.4 Å². The van der Waals surface area contributed by atoms with Gasteiger partial charge in [-0.2, -0.15) is 13.2 Å². The summed E-state index contributed by atoms with van der Waals surface area (Å²) in [4.78, 5) is 18.0. The molecule has 1 atom stereocenters. The molecule has 0 N–H and O–H groups in total. The lowest BCUT2D eigenvalue weighted by molar-refractivity contribution is -0.134. The molecule has 0 spiro atoms. The van der Waals surface area contributed by atoms with Crippen LogP contribution in [0.1, 0.15) is 18.0 Å². The quantitative estimate of drug-likeness (QED) is 0.375. The second kappa shape index (κ2) is 8.94. The topological polar surface area (TPSA) is 63.9 Å². The van der Waals surface area contributed by atoms with Crippen LogP contribution in [0.3, 0.4) is 0 Å². The third kappa shape index (κ3) is 4.64. The molecular formula is C25H19F4N5O. The second-order valence-corrected chi connectivity index (χ2v) is 8.24. The lowest BCUT2D eigenvalue weighted by Gasteiger charge is -2.26. The maximum absolute atomic E-state index is 14.5. The number of hydrogen-bond acceptors (Lipinski definition) is 4. The molecule has 6 nitrogen and oxygen atoms in total. The number of benzene rings is 2. The molecule has 0 bridgehead atoms. The Bertz CT molecular complexity index is 1370. The third-order valence-corrected chi connectivity index (χ3v) is 5.92. The van der Waals surface area contributed by atoms with Crippen LogP contribution >= 0.6 is 0 Å². The second-order valence-electron chi connectivity index (χ2n) is 8.24. The minimum Gasteiger partial charge on any atom is -0.301 e. The Labute approximate surface area is 197 Å². The maximum Gasteiger partial charge on any atom is 0.406 e. The number of alkyl halides is 3. The zero-order valence-corrected chi connectivity index (χ0v) is 18.3. The fraction of sp³-hybridized carbons (Fsp3) is 0.200. The molecule has 3 heterocycles. The Kier molecular flexibility index (Phi) is 5.80. The van der Waals surface area contributed by atoms with Crippen molar-refractivity contribution in [2.75, 3.05) is 11.4 Å². The van der Waals surface area contributed by atoms with Crippen LogP contribution < -0.4 is 4.90 Å². The number of carbonyl (C=O) groups excluding carboxylic acids is 1. The highest BCUT2D eigenvalue weighted by Crippen LogP contribution is 2.35. The van der Waals surface area contributed by atoms with Crippen molar-refractivity contribution in [1.82, 2.24) is 20.0 Å². The van der Waals surface area contributed by atoms with Gasteiger partial charge in [0.05, 0.1) is 11.9 Å². The molecule has 0 radical (unpaired) electrons. The first-order chi connectivity index (χ1) is 16.8. The molecule has 1 aliphatic heterocycles. The van der Waals surface area contributed by atoms with Gasteiger partial charge >= 0.3 is 6.18 Å². The number of carbonyl (C=O) groups is 1. The highest BCUT2D eigenvalue weighted by molar-refractivity contribution is 5.97. The predicted molar refractivity (Wildman–Crippen MR) is 121 cm³/mol. The fourth-order valence-electron chi connectivity index (χ4n) is 4.29. The molecule has 2 aromatic carbocycles. The van der Waals surface area contributed by atoms with Gasteiger partial charge in [-0.25, -0.2) is 9.07 Å². The van der Waals surface area contributed by atoms with Crippen molar-refractivity contribution < 1.29 is 22.4 Å². The predicted octanol–water partition coefficient (Wildman–Crippen LogP) is 5.23. The van der Waals surface area contributed by atoms with Gasteiger partial charge in [0.25, 0.3) is 5.91 Å². The number of pyridine rings is 1. The van der Waals surface area contributed by atoms with Crippen LogP contribution in [0.2, 0.25) is 0 Å². The number of rotatable bonds is 4. The lowest BCUT2D eigenvalue weighted by Crippen LogP contribution is -2.42. The Morgan fingerprint density at radius 2 is 1.77 bits per heavy atom. The average Bonchev–Trinajstić information content (AvgIpc) is 3.29. The van der Waals surface area contributed by atoms with Crippen molar-refractivity contribution in [2.24, 2.45) is 0 Å². The Hall–Kier alpha value is -4.08. The van der Waals surface area contributed by atoms with E-state index in [0.717, 1.165) is 16.7 Å². The molecule has 1 amide bonds. The molecule has 1 unspecified atom stereocenters.